The van der Waals surface area contributed by atoms with Crippen LogP contribution in [0.3, 0.4) is 0 Å². The minimum absolute atomic E-state index is 0.00916. The normalized spacial score (nSPS) is 15.6. The number of hydrogen-bond donors (Lipinski definition) is 6. The van der Waals surface area contributed by atoms with Gasteiger partial charge in [-0.15, -0.1) is 0 Å². The molecule has 0 atom stereocenters. The Kier molecular flexibility index (Phi) is 9.44. The molecule has 52 heavy (non-hydrogen) atoms. The molecule has 0 heterocycles. The summed E-state index contributed by atoms with van der Waals surface area (Å²) in [5, 5.41) is 25.0. The maximum atomic E-state index is 13.2. The minimum Gasteiger partial charge on any atom is -0.508 e. The molecule has 4 aromatic rings. The zero-order valence-electron chi connectivity index (χ0n) is 26.5. The summed E-state index contributed by atoms with van der Waals surface area (Å²) in [4.78, 5) is 46.5. The van der Waals surface area contributed by atoms with E-state index in [-0.39, 0.29) is 68.1 Å². The number of fused-ring (bicyclic) bond motifs is 2. The lowest BCUT2D eigenvalue weighted by atomic mass is 9.94. The van der Waals surface area contributed by atoms with E-state index in [1.165, 1.54) is 84.9 Å². The predicted molar refractivity (Wildman–Crippen MR) is 190 cm³/mol. The van der Waals surface area contributed by atoms with E-state index < -0.39 is 38.1 Å². The van der Waals surface area contributed by atoms with Crippen molar-refractivity contribution >= 4 is 60.9 Å². The molecule has 0 radical (unpaired) electrons. The van der Waals surface area contributed by atoms with Crippen LogP contribution in [0.1, 0.15) is 43.0 Å². The number of carbonyl (C=O) groups is 3. The number of amides is 4. The van der Waals surface area contributed by atoms with Crippen molar-refractivity contribution in [1.82, 2.24) is 0 Å². The molecular weight excluding hydrogens is 717 g/mol. The molecule has 264 valence electrons. The summed E-state index contributed by atoms with van der Waals surface area (Å²) in [5.74, 6) is -1.93. The first-order valence-electron chi connectivity index (χ1n) is 15.1. The van der Waals surface area contributed by atoms with Crippen molar-refractivity contribution in [3.8, 4) is 11.5 Å². The van der Waals surface area contributed by atoms with Crippen molar-refractivity contribution in [3.63, 3.8) is 0 Å². The molecular formula is C35H26N4O11S2. The number of benzene rings is 4. The van der Waals surface area contributed by atoms with Crippen LogP contribution in [0.5, 0.6) is 11.5 Å². The molecule has 0 fully saturated rings. The average Bonchev–Trinajstić information content (AvgIpc) is 3.07. The van der Waals surface area contributed by atoms with Crippen molar-refractivity contribution in [2.45, 2.75) is 12.8 Å². The van der Waals surface area contributed by atoms with Gasteiger partial charge in [0.15, 0.2) is 0 Å². The number of phenols is 2. The van der Waals surface area contributed by atoms with Gasteiger partial charge in [-0.25, -0.2) is 14.8 Å². The van der Waals surface area contributed by atoms with Crippen LogP contribution in [-0.4, -0.2) is 65.4 Å². The van der Waals surface area contributed by atoms with E-state index in [1.54, 1.807) is 0 Å². The van der Waals surface area contributed by atoms with Gasteiger partial charge < -0.3 is 20.8 Å². The van der Waals surface area contributed by atoms with Crippen LogP contribution >= 0.6 is 0 Å². The fraction of sp³-hybridized carbons (Fsp3) is 0.0571. The van der Waals surface area contributed by atoms with Crippen LogP contribution < -0.4 is 10.6 Å². The number of anilines is 2. The molecule has 15 nitrogen and oxygen atoms in total. The zero-order valence-corrected chi connectivity index (χ0v) is 28.1. The van der Waals surface area contributed by atoms with Gasteiger partial charge in [-0.1, -0.05) is 24.3 Å². The number of aliphatic imine (C=N–C) groups is 2. The maximum Gasteiger partial charge on any atom is 0.323 e. The number of urea groups is 1. The van der Waals surface area contributed by atoms with E-state index in [1.807, 2.05) is 0 Å². The number of nitrogens with zero attached hydrogens (tertiary/aromatic N) is 2. The SMILES string of the molecule is O=C(Nc1cccc(C(=O)N=C2C=C(S(=O)(=O)O)Cc3ccc(O)cc32)c1)Nc1cccc(C(=O)N=C2C=C(S(=O)(=O)O)Cc3ccc(O)cc32)c1. The second-order valence-corrected chi connectivity index (χ2v) is 14.5. The molecule has 0 bridgehead atoms. The lowest BCUT2D eigenvalue weighted by Gasteiger charge is -2.17. The van der Waals surface area contributed by atoms with Gasteiger partial charge in [-0.3, -0.25) is 18.7 Å². The number of allylic oxidation sites excluding steroid dienone is 4. The van der Waals surface area contributed by atoms with Gasteiger partial charge in [0.2, 0.25) is 0 Å². The fourth-order valence-corrected chi connectivity index (χ4v) is 6.67. The quantitative estimate of drug-likeness (QED) is 0.148. The van der Waals surface area contributed by atoms with Crippen molar-refractivity contribution < 1.29 is 50.5 Å². The summed E-state index contributed by atoms with van der Waals surface area (Å²) in [5.41, 5.74) is 1.55. The summed E-state index contributed by atoms with van der Waals surface area (Å²) in [6, 6.07) is 18.8. The first kappa shape index (κ1) is 35.6. The standard InChI is InChI=1S/C35H26N4O11S2/c40-25-9-7-19-13-27(51(45,46)47)17-31(29(19)15-25)38-33(42)21-3-1-5-23(11-21)36-35(44)37-24-6-2-4-22(12-24)34(43)39-32-18-28(52(48,49)50)14-20-8-10-26(41)16-30(20)32/h1-12,15-18,40-41H,13-14H2,(H2,36,37,44)(H,45,46,47)(H,48,49,50). The number of hydrogen-bond acceptors (Lipinski definition) is 9. The average molecular weight is 743 g/mol. The van der Waals surface area contributed by atoms with Gasteiger partial charge in [0, 0.05) is 46.5 Å². The number of nitrogens with one attached hydrogen (secondary N) is 2. The summed E-state index contributed by atoms with van der Waals surface area (Å²) in [7, 11) is -9.21. The molecule has 0 aliphatic heterocycles. The Bertz CT molecular complexity index is 2380. The Morgan fingerprint density at radius 2 is 0.981 bits per heavy atom. The molecule has 0 spiro atoms. The van der Waals surface area contributed by atoms with Crippen LogP contribution in [0.25, 0.3) is 0 Å². The number of carbonyl (C=O) groups excluding carboxylic acids is 3. The van der Waals surface area contributed by atoms with Crippen LogP contribution in [-0.2, 0) is 33.1 Å². The molecule has 6 rings (SSSR count). The predicted octanol–water partition coefficient (Wildman–Crippen LogP) is 4.66. The lowest BCUT2D eigenvalue weighted by molar-refractivity contribution is 0.0995. The Labute approximate surface area is 295 Å². The zero-order chi connectivity index (χ0) is 37.4. The first-order valence-corrected chi connectivity index (χ1v) is 18.0. The van der Waals surface area contributed by atoms with Gasteiger partial charge >= 0.3 is 6.03 Å². The Morgan fingerprint density at radius 1 is 0.577 bits per heavy atom. The number of phenolic OH excluding ortho intramolecular Hbond substituents is 2. The molecule has 17 heteroatoms. The van der Waals surface area contributed by atoms with E-state index in [2.05, 4.69) is 20.6 Å². The topological polar surface area (TPSA) is 249 Å². The van der Waals surface area contributed by atoms with Crippen LogP contribution in [0.2, 0.25) is 0 Å². The monoisotopic (exact) mass is 742 g/mol. The van der Waals surface area contributed by atoms with Crippen LogP contribution in [0.15, 0.2) is 117 Å². The summed E-state index contributed by atoms with van der Waals surface area (Å²) in [6.45, 7) is 0. The van der Waals surface area contributed by atoms with E-state index in [0.717, 1.165) is 12.2 Å². The van der Waals surface area contributed by atoms with Gasteiger partial charge in [0.1, 0.15) is 11.5 Å². The fourth-order valence-electron chi connectivity index (χ4n) is 5.47. The Balaban J connectivity index is 1.19. The van der Waals surface area contributed by atoms with Gasteiger partial charge in [0.05, 0.1) is 21.2 Å². The third-order valence-electron chi connectivity index (χ3n) is 7.91. The third kappa shape index (κ3) is 8.03. The van der Waals surface area contributed by atoms with Crippen LogP contribution in [0, 0.1) is 0 Å². The van der Waals surface area contributed by atoms with Crippen molar-refractivity contribution in [2.24, 2.45) is 9.98 Å². The second-order valence-electron chi connectivity index (χ2n) is 11.6. The molecule has 0 saturated heterocycles. The van der Waals surface area contributed by atoms with Crippen molar-refractivity contribution in [2.75, 3.05) is 10.6 Å². The summed E-state index contributed by atoms with van der Waals surface area (Å²) in [6.07, 6.45) is 1.75. The maximum absolute atomic E-state index is 13.2. The van der Waals surface area contributed by atoms with Crippen molar-refractivity contribution in [1.29, 1.82) is 0 Å². The second kappa shape index (κ2) is 13.8. The van der Waals surface area contributed by atoms with E-state index in [4.69, 9.17) is 0 Å². The number of rotatable bonds is 6. The van der Waals surface area contributed by atoms with E-state index in [9.17, 15) is 50.5 Å². The molecule has 2 aliphatic carbocycles. The van der Waals surface area contributed by atoms with Crippen LogP contribution in [0.4, 0.5) is 16.2 Å². The number of aromatic hydroxyl groups is 2. The molecule has 0 aromatic heterocycles. The molecule has 2 aliphatic rings. The van der Waals surface area contributed by atoms with Gasteiger partial charge in [-0.05, 0) is 83.9 Å². The largest absolute Gasteiger partial charge is 0.508 e. The Morgan fingerprint density at radius 3 is 1.37 bits per heavy atom. The highest BCUT2D eigenvalue weighted by atomic mass is 32.2. The highest BCUT2D eigenvalue weighted by Gasteiger charge is 2.26. The van der Waals surface area contributed by atoms with Gasteiger partial charge in [-0.2, -0.15) is 16.8 Å². The summed E-state index contributed by atoms with van der Waals surface area (Å²) < 4.78 is 66.7. The lowest BCUT2D eigenvalue weighted by Crippen LogP contribution is -2.20. The molecule has 6 N–H and O–H groups in total. The molecule has 0 unspecified atom stereocenters. The highest BCUT2D eigenvalue weighted by molar-refractivity contribution is 7.90. The third-order valence-corrected chi connectivity index (χ3v) is 9.75. The van der Waals surface area contributed by atoms with E-state index in [0.29, 0.717) is 22.3 Å². The van der Waals surface area contributed by atoms with Crippen molar-refractivity contribution in [3.05, 3.63) is 140 Å². The Hall–Kier alpha value is -6.27. The molecule has 0 saturated carbocycles. The first-order chi connectivity index (χ1) is 24.5. The van der Waals surface area contributed by atoms with Gasteiger partial charge in [0.25, 0.3) is 32.1 Å². The smallest absolute Gasteiger partial charge is 0.323 e. The highest BCUT2D eigenvalue weighted by Crippen LogP contribution is 2.29. The summed E-state index contributed by atoms with van der Waals surface area (Å²) >= 11 is 0. The van der Waals surface area contributed by atoms with E-state index >= 15 is 0 Å². The molecule has 4 aromatic carbocycles. The minimum atomic E-state index is -4.60. The molecule has 4 amide bonds.